The molecule has 0 unspecified atom stereocenters. The quantitative estimate of drug-likeness (QED) is 0.623. The molecule has 0 saturated carbocycles. The summed E-state index contributed by atoms with van der Waals surface area (Å²) in [7, 11) is 1.45. The standard InChI is InChI=1S/C14H20N4O2S/c1-5-6-18-11-10(13(19)17(4)14(18)20)12(21)16-9(15-11)7-8(2)3/h8H,5-7H2,1-4H3,(H,15,16,21)/p-1. The van der Waals surface area contributed by atoms with Gasteiger partial charge >= 0.3 is 5.69 Å². The van der Waals surface area contributed by atoms with Crippen molar-refractivity contribution in [1.82, 2.24) is 19.1 Å². The molecule has 0 atom stereocenters. The average molecular weight is 307 g/mol. The van der Waals surface area contributed by atoms with Gasteiger partial charge in [-0.05, 0) is 12.3 Å². The summed E-state index contributed by atoms with van der Waals surface area (Å²) < 4.78 is 2.58. The Morgan fingerprint density at radius 2 is 1.90 bits per heavy atom. The van der Waals surface area contributed by atoms with Gasteiger partial charge in [-0.15, -0.1) is 0 Å². The number of hydrogen-bond acceptors (Lipinski definition) is 5. The van der Waals surface area contributed by atoms with Gasteiger partial charge in [0.1, 0.15) is 5.82 Å². The van der Waals surface area contributed by atoms with Gasteiger partial charge < -0.3 is 12.6 Å². The largest absolute Gasteiger partial charge is 0.759 e. The number of nitrogens with zero attached hydrogens (tertiary/aromatic N) is 4. The summed E-state index contributed by atoms with van der Waals surface area (Å²) >= 11 is 5.25. The van der Waals surface area contributed by atoms with Gasteiger partial charge in [0.25, 0.3) is 5.56 Å². The van der Waals surface area contributed by atoms with E-state index in [1.54, 1.807) is 0 Å². The molecule has 114 valence electrons. The minimum atomic E-state index is -0.427. The lowest BCUT2D eigenvalue weighted by molar-refractivity contribution is 0.592. The lowest BCUT2D eigenvalue weighted by Crippen LogP contribution is -2.39. The second kappa shape index (κ2) is 5.93. The predicted molar refractivity (Wildman–Crippen MR) is 83.5 cm³/mol. The number of hydrogen-bond donors (Lipinski definition) is 0. The van der Waals surface area contributed by atoms with Gasteiger partial charge in [-0.3, -0.25) is 18.9 Å². The van der Waals surface area contributed by atoms with Gasteiger partial charge in [-0.1, -0.05) is 25.8 Å². The fourth-order valence-electron chi connectivity index (χ4n) is 2.26. The molecule has 2 rings (SSSR count). The highest BCUT2D eigenvalue weighted by molar-refractivity contribution is 7.59. The van der Waals surface area contributed by atoms with Crippen molar-refractivity contribution in [3.8, 4) is 0 Å². The molecule has 0 aliphatic heterocycles. The summed E-state index contributed by atoms with van der Waals surface area (Å²) in [5.74, 6) is 0.953. The van der Waals surface area contributed by atoms with E-state index in [1.807, 2.05) is 6.92 Å². The first-order valence-corrected chi connectivity index (χ1v) is 7.45. The Morgan fingerprint density at radius 3 is 2.48 bits per heavy atom. The van der Waals surface area contributed by atoms with Gasteiger partial charge in [0.05, 0.1) is 5.39 Å². The highest BCUT2D eigenvalue weighted by Crippen LogP contribution is 2.13. The van der Waals surface area contributed by atoms with Gasteiger partial charge in [-0.2, -0.15) is 0 Å². The first kappa shape index (κ1) is 15.6. The summed E-state index contributed by atoms with van der Waals surface area (Å²) in [5, 5.41) is 0.481. The smallest absolute Gasteiger partial charge is 0.332 e. The number of fused-ring (bicyclic) bond motifs is 1. The maximum Gasteiger partial charge on any atom is 0.332 e. The molecule has 0 bridgehead atoms. The van der Waals surface area contributed by atoms with Crippen LogP contribution in [0.5, 0.6) is 0 Å². The highest BCUT2D eigenvalue weighted by atomic mass is 32.1. The molecule has 2 heterocycles. The van der Waals surface area contributed by atoms with E-state index in [0.29, 0.717) is 30.4 Å². The zero-order valence-corrected chi connectivity index (χ0v) is 13.5. The van der Waals surface area contributed by atoms with Crippen LogP contribution in [0.15, 0.2) is 14.6 Å². The van der Waals surface area contributed by atoms with Gasteiger partial charge in [0.2, 0.25) is 0 Å². The molecule has 2 aromatic rings. The Hall–Kier alpha value is -1.76. The van der Waals surface area contributed by atoms with E-state index in [1.165, 1.54) is 11.6 Å². The number of aryl methyl sites for hydroxylation is 1. The second-order valence-electron chi connectivity index (χ2n) is 5.54. The van der Waals surface area contributed by atoms with Gasteiger partial charge in [0.15, 0.2) is 5.65 Å². The van der Waals surface area contributed by atoms with E-state index in [2.05, 4.69) is 23.8 Å². The van der Waals surface area contributed by atoms with E-state index in [-0.39, 0.29) is 16.1 Å². The molecular weight excluding hydrogens is 288 g/mol. The minimum absolute atomic E-state index is 0.223. The van der Waals surface area contributed by atoms with Crippen LogP contribution in [-0.2, 0) is 32.6 Å². The fraction of sp³-hybridized carbons (Fsp3) is 0.571. The summed E-state index contributed by atoms with van der Waals surface area (Å²) in [5.41, 5.74) is -0.429. The molecular formula is C14H19N4O2S-. The normalized spacial score (nSPS) is 11.5. The lowest BCUT2D eigenvalue weighted by atomic mass is 10.1. The van der Waals surface area contributed by atoms with Crippen LogP contribution in [0.25, 0.3) is 11.0 Å². The molecule has 2 aromatic heterocycles. The molecule has 21 heavy (non-hydrogen) atoms. The average Bonchev–Trinajstić information content (AvgIpc) is 2.40. The van der Waals surface area contributed by atoms with E-state index in [4.69, 9.17) is 12.6 Å². The molecule has 0 fully saturated rings. The van der Waals surface area contributed by atoms with E-state index < -0.39 is 5.56 Å². The Morgan fingerprint density at radius 1 is 1.24 bits per heavy atom. The topological polar surface area (TPSA) is 69.8 Å². The SMILES string of the molecule is CCCn1c(=O)n(C)c(=O)c2c([S-])nc(CC(C)C)nc21. The van der Waals surface area contributed by atoms with Crippen LogP contribution >= 0.6 is 0 Å². The molecule has 0 saturated heterocycles. The number of rotatable bonds is 4. The Labute approximate surface area is 128 Å². The Kier molecular flexibility index (Phi) is 4.41. The molecule has 0 aliphatic carbocycles. The molecule has 6 nitrogen and oxygen atoms in total. The predicted octanol–water partition coefficient (Wildman–Crippen LogP) is 1.00. The summed E-state index contributed by atoms with van der Waals surface area (Å²) in [6.45, 7) is 6.57. The summed E-state index contributed by atoms with van der Waals surface area (Å²) in [6.07, 6.45) is 1.43. The molecule has 0 aromatic carbocycles. The number of aromatic nitrogens is 4. The zero-order valence-electron chi connectivity index (χ0n) is 12.7. The van der Waals surface area contributed by atoms with Crippen molar-refractivity contribution in [2.45, 2.75) is 45.2 Å². The van der Waals surface area contributed by atoms with E-state index in [0.717, 1.165) is 11.0 Å². The van der Waals surface area contributed by atoms with Crippen molar-refractivity contribution in [1.29, 1.82) is 0 Å². The molecule has 0 spiro atoms. The zero-order chi connectivity index (χ0) is 15.7. The van der Waals surface area contributed by atoms with Crippen molar-refractivity contribution >= 4 is 23.7 Å². The third-order valence-corrected chi connectivity index (χ3v) is 3.53. The van der Waals surface area contributed by atoms with Crippen LogP contribution in [0, 0.1) is 5.92 Å². The minimum Gasteiger partial charge on any atom is -0.759 e. The Balaban J connectivity index is 2.88. The van der Waals surface area contributed by atoms with Crippen molar-refractivity contribution < 1.29 is 0 Å². The van der Waals surface area contributed by atoms with Crippen molar-refractivity contribution in [3.63, 3.8) is 0 Å². The molecule has 0 aliphatic rings. The van der Waals surface area contributed by atoms with Crippen LogP contribution in [0.1, 0.15) is 33.0 Å². The third kappa shape index (κ3) is 2.83. The molecule has 0 radical (unpaired) electrons. The molecule has 0 amide bonds. The van der Waals surface area contributed by atoms with Crippen molar-refractivity contribution in [3.05, 3.63) is 26.7 Å². The maximum atomic E-state index is 12.3. The maximum absolute atomic E-state index is 12.3. The summed E-state index contributed by atoms with van der Waals surface area (Å²) in [4.78, 5) is 33.2. The van der Waals surface area contributed by atoms with E-state index >= 15 is 0 Å². The van der Waals surface area contributed by atoms with Crippen LogP contribution in [-0.4, -0.2) is 19.1 Å². The van der Waals surface area contributed by atoms with Crippen molar-refractivity contribution in [2.75, 3.05) is 0 Å². The van der Waals surface area contributed by atoms with E-state index in [9.17, 15) is 9.59 Å². The monoisotopic (exact) mass is 307 g/mol. The third-order valence-electron chi connectivity index (χ3n) is 3.23. The molecule has 0 N–H and O–H groups in total. The van der Waals surface area contributed by atoms with Crippen LogP contribution in [0.2, 0.25) is 0 Å². The first-order valence-electron chi connectivity index (χ1n) is 7.04. The van der Waals surface area contributed by atoms with Crippen molar-refractivity contribution in [2.24, 2.45) is 13.0 Å². The van der Waals surface area contributed by atoms with Gasteiger partial charge in [0, 0.05) is 20.0 Å². The van der Waals surface area contributed by atoms with Gasteiger partial charge in [-0.25, -0.2) is 9.78 Å². The second-order valence-corrected chi connectivity index (χ2v) is 5.93. The highest BCUT2D eigenvalue weighted by Gasteiger charge is 2.14. The Bertz CT molecular complexity index is 792. The summed E-state index contributed by atoms with van der Waals surface area (Å²) in [6, 6.07) is 0. The molecule has 7 heteroatoms. The van der Waals surface area contributed by atoms with Crippen LogP contribution < -0.4 is 11.2 Å². The lowest BCUT2D eigenvalue weighted by Gasteiger charge is -2.16. The first-order chi connectivity index (χ1) is 9.86. The van der Waals surface area contributed by atoms with Crippen LogP contribution in [0.3, 0.4) is 0 Å². The fourth-order valence-corrected chi connectivity index (χ4v) is 2.55. The van der Waals surface area contributed by atoms with Crippen LogP contribution in [0.4, 0.5) is 0 Å².